The number of carbonyl (C=O) groups is 4. The van der Waals surface area contributed by atoms with Gasteiger partial charge in [0.2, 0.25) is 0 Å². The van der Waals surface area contributed by atoms with Crippen LogP contribution in [0.3, 0.4) is 0 Å². The molecule has 134 valence electrons. The van der Waals surface area contributed by atoms with E-state index in [1.165, 1.54) is 0 Å². The van der Waals surface area contributed by atoms with Crippen LogP contribution in [-0.2, 0) is 19.2 Å². The van der Waals surface area contributed by atoms with E-state index in [0.717, 1.165) is 0 Å². The van der Waals surface area contributed by atoms with E-state index in [1.54, 1.807) is 0 Å². The van der Waals surface area contributed by atoms with E-state index in [-0.39, 0.29) is 0 Å². The standard InChI is InChI=1S/C6H10O8.C4H7NO4/c7-1(3(9)5(11)12)2(8)4(10)6(13)14;5-2(4(8)9)1-3(6)7/h1-4,7-10H,(H,11,12)(H,13,14);2H,1,5H2,(H,6,7)(H,8,9)/t1-,2-,3-,4+;2-/m00/s1. The Labute approximate surface area is 127 Å². The van der Waals surface area contributed by atoms with Gasteiger partial charge in [0.25, 0.3) is 0 Å². The van der Waals surface area contributed by atoms with Gasteiger partial charge in [0.1, 0.15) is 18.2 Å². The third-order valence-electron chi connectivity index (χ3n) is 2.21. The van der Waals surface area contributed by atoms with Crippen LogP contribution >= 0.6 is 0 Å². The van der Waals surface area contributed by atoms with Gasteiger partial charge in [-0.3, -0.25) is 9.59 Å². The highest BCUT2D eigenvalue weighted by atomic mass is 16.4. The molecule has 0 unspecified atom stereocenters. The van der Waals surface area contributed by atoms with Crippen LogP contribution in [0.2, 0.25) is 0 Å². The summed E-state index contributed by atoms with van der Waals surface area (Å²) in [4.78, 5) is 39.8. The van der Waals surface area contributed by atoms with Crippen LogP contribution in [0.4, 0.5) is 0 Å². The lowest BCUT2D eigenvalue weighted by atomic mass is 10.0. The number of nitrogens with two attached hydrogens (primary N) is 1. The topological polar surface area (TPSA) is 256 Å². The molecule has 23 heavy (non-hydrogen) atoms. The number of aliphatic hydroxyl groups is 4. The second kappa shape index (κ2) is 10.4. The van der Waals surface area contributed by atoms with Crippen molar-refractivity contribution >= 4 is 23.9 Å². The minimum absolute atomic E-state index is 0.532. The zero-order valence-corrected chi connectivity index (χ0v) is 11.4. The second-order valence-corrected chi connectivity index (χ2v) is 4.09. The molecule has 0 aromatic rings. The highest BCUT2D eigenvalue weighted by Crippen LogP contribution is 2.05. The van der Waals surface area contributed by atoms with Crippen molar-refractivity contribution in [1.29, 1.82) is 0 Å². The second-order valence-electron chi connectivity index (χ2n) is 4.09. The molecule has 5 atom stereocenters. The number of hydrogen-bond acceptors (Lipinski definition) is 9. The normalized spacial score (nSPS) is 16.7. The highest BCUT2D eigenvalue weighted by molar-refractivity contribution is 5.80. The largest absolute Gasteiger partial charge is 0.481 e. The number of hydrogen-bond donors (Lipinski definition) is 9. The van der Waals surface area contributed by atoms with E-state index < -0.39 is 60.8 Å². The van der Waals surface area contributed by atoms with Gasteiger partial charge in [-0.05, 0) is 0 Å². The van der Waals surface area contributed by atoms with Crippen molar-refractivity contribution in [3.63, 3.8) is 0 Å². The van der Waals surface area contributed by atoms with Crippen molar-refractivity contribution < 1.29 is 60.0 Å². The molecule has 0 saturated carbocycles. The summed E-state index contributed by atoms with van der Waals surface area (Å²) in [6.45, 7) is 0. The molecule has 13 heteroatoms. The van der Waals surface area contributed by atoms with E-state index in [0.29, 0.717) is 0 Å². The Morgan fingerprint density at radius 2 is 1.00 bits per heavy atom. The molecule has 10 N–H and O–H groups in total. The third-order valence-corrected chi connectivity index (χ3v) is 2.21. The molecule has 0 aliphatic rings. The predicted octanol–water partition coefficient (Wildman–Crippen LogP) is -4.53. The number of carboxylic acids is 4. The lowest BCUT2D eigenvalue weighted by molar-refractivity contribution is -0.172. The molecule has 0 bridgehead atoms. The SMILES string of the molecule is N[C@@H](CC(=O)O)C(=O)O.O=C(O)[C@@H](O)[C@@H](O)[C@H](O)[C@@H](O)C(=O)O. The van der Waals surface area contributed by atoms with Gasteiger partial charge in [-0.25, -0.2) is 9.59 Å². The van der Waals surface area contributed by atoms with Gasteiger partial charge in [0, 0.05) is 0 Å². The van der Waals surface area contributed by atoms with E-state index in [9.17, 15) is 19.2 Å². The van der Waals surface area contributed by atoms with Crippen molar-refractivity contribution in [3.8, 4) is 0 Å². The lowest BCUT2D eigenvalue weighted by Gasteiger charge is -2.21. The van der Waals surface area contributed by atoms with Crippen molar-refractivity contribution in [1.82, 2.24) is 0 Å². The van der Waals surface area contributed by atoms with Crippen LogP contribution in [-0.4, -0.2) is 95.2 Å². The summed E-state index contributed by atoms with van der Waals surface area (Å²) in [6, 6.07) is -1.29. The maximum Gasteiger partial charge on any atom is 0.335 e. The summed E-state index contributed by atoms with van der Waals surface area (Å²) in [5.41, 5.74) is 4.84. The summed E-state index contributed by atoms with van der Waals surface area (Å²) < 4.78 is 0. The van der Waals surface area contributed by atoms with E-state index >= 15 is 0 Å². The monoisotopic (exact) mass is 343 g/mol. The van der Waals surface area contributed by atoms with E-state index in [4.69, 9.17) is 46.6 Å². The fourth-order valence-electron chi connectivity index (χ4n) is 0.941. The molecule has 0 rings (SSSR count). The summed E-state index contributed by atoms with van der Waals surface area (Å²) in [7, 11) is 0. The fourth-order valence-corrected chi connectivity index (χ4v) is 0.941. The number of carboxylic acid groups (broad SMARTS) is 4. The van der Waals surface area contributed by atoms with Crippen molar-refractivity contribution in [2.75, 3.05) is 0 Å². The van der Waals surface area contributed by atoms with E-state index in [2.05, 4.69) is 0 Å². The molecule has 0 fully saturated rings. The van der Waals surface area contributed by atoms with Gasteiger partial charge in [-0.1, -0.05) is 0 Å². The summed E-state index contributed by atoms with van der Waals surface area (Å²) >= 11 is 0. The third kappa shape index (κ3) is 9.33. The molecule has 13 nitrogen and oxygen atoms in total. The molecule has 0 aromatic carbocycles. The Hall–Kier alpha value is -2.32. The molecule has 0 heterocycles. The van der Waals surface area contributed by atoms with Gasteiger partial charge < -0.3 is 46.6 Å². The average molecular weight is 343 g/mol. The molecule has 0 amide bonds. The molecule has 0 aliphatic carbocycles. The zero-order chi connectivity index (χ0) is 18.9. The maximum atomic E-state index is 10.1. The molecule has 0 spiro atoms. The molecular formula is C10H17NO12. The first-order valence-corrected chi connectivity index (χ1v) is 5.70. The average Bonchev–Trinajstić information content (AvgIpc) is 2.43. The van der Waals surface area contributed by atoms with Gasteiger partial charge in [-0.2, -0.15) is 0 Å². The smallest absolute Gasteiger partial charge is 0.335 e. The van der Waals surface area contributed by atoms with Crippen molar-refractivity contribution in [3.05, 3.63) is 0 Å². The Bertz CT molecular complexity index is 414. The molecule has 0 saturated heterocycles. The molecule has 0 radical (unpaired) electrons. The molecule has 0 aliphatic heterocycles. The van der Waals surface area contributed by atoms with Gasteiger partial charge >= 0.3 is 23.9 Å². The lowest BCUT2D eigenvalue weighted by Crippen LogP contribution is -2.49. The first-order chi connectivity index (χ1) is 10.3. The fraction of sp³-hybridized carbons (Fsp3) is 0.600. The number of rotatable bonds is 8. The van der Waals surface area contributed by atoms with Crippen LogP contribution in [0.5, 0.6) is 0 Å². The van der Waals surface area contributed by atoms with Crippen LogP contribution in [0.1, 0.15) is 6.42 Å². The summed E-state index contributed by atoms with van der Waals surface area (Å²) in [6.07, 6.45) is -9.81. The summed E-state index contributed by atoms with van der Waals surface area (Å²) in [5, 5.41) is 67.5. The van der Waals surface area contributed by atoms with Crippen LogP contribution in [0.15, 0.2) is 0 Å². The Morgan fingerprint density at radius 3 is 1.13 bits per heavy atom. The minimum atomic E-state index is -2.36. The minimum Gasteiger partial charge on any atom is -0.481 e. The Morgan fingerprint density at radius 1 is 0.696 bits per heavy atom. The molecular weight excluding hydrogens is 326 g/mol. The zero-order valence-electron chi connectivity index (χ0n) is 11.4. The van der Waals surface area contributed by atoms with Crippen LogP contribution in [0, 0.1) is 0 Å². The first kappa shape index (κ1) is 23.0. The van der Waals surface area contributed by atoms with Crippen molar-refractivity contribution in [2.45, 2.75) is 36.9 Å². The highest BCUT2D eigenvalue weighted by Gasteiger charge is 2.37. The first-order valence-electron chi connectivity index (χ1n) is 5.70. The number of aliphatic carboxylic acids is 4. The van der Waals surface area contributed by atoms with Crippen LogP contribution < -0.4 is 5.73 Å². The summed E-state index contributed by atoms with van der Waals surface area (Å²) in [5.74, 6) is -6.18. The predicted molar refractivity (Wildman–Crippen MR) is 67.2 cm³/mol. The van der Waals surface area contributed by atoms with Gasteiger partial charge in [0.15, 0.2) is 12.2 Å². The number of aliphatic hydroxyl groups excluding tert-OH is 4. The molecule has 0 aromatic heterocycles. The van der Waals surface area contributed by atoms with E-state index in [1.807, 2.05) is 0 Å². The van der Waals surface area contributed by atoms with Gasteiger partial charge in [0.05, 0.1) is 6.42 Å². The van der Waals surface area contributed by atoms with Crippen molar-refractivity contribution in [2.24, 2.45) is 5.73 Å². The maximum absolute atomic E-state index is 10.1. The Kier molecular flexibility index (Phi) is 10.4. The quantitative estimate of drug-likeness (QED) is 0.201. The van der Waals surface area contributed by atoms with Crippen LogP contribution in [0.25, 0.3) is 0 Å². The Balaban J connectivity index is 0. The van der Waals surface area contributed by atoms with Gasteiger partial charge in [-0.15, -0.1) is 0 Å².